The van der Waals surface area contributed by atoms with Crippen LogP contribution in [0.2, 0.25) is 0 Å². The topological polar surface area (TPSA) is 56.5 Å². The predicted molar refractivity (Wildman–Crippen MR) is 66.1 cm³/mol. The molecule has 0 aliphatic heterocycles. The summed E-state index contributed by atoms with van der Waals surface area (Å²) in [6.07, 6.45) is 0. The zero-order chi connectivity index (χ0) is 12.4. The molecule has 0 atom stereocenters. The Kier molecular flexibility index (Phi) is 3.28. The van der Waals surface area contributed by atoms with E-state index in [0.29, 0.717) is 10.8 Å². The van der Waals surface area contributed by atoms with Crippen molar-refractivity contribution < 1.29 is 13.9 Å². The minimum Gasteiger partial charge on any atom is -0.460 e. The Morgan fingerprint density at radius 2 is 2.18 bits per heavy atom. The van der Waals surface area contributed by atoms with Crippen LogP contribution in [0.25, 0.3) is 10.8 Å². The number of carbonyl (C=O) groups is 1. The lowest BCUT2D eigenvalue weighted by Crippen LogP contribution is -2.09. The molecule has 0 bridgehead atoms. The van der Waals surface area contributed by atoms with Gasteiger partial charge in [0.15, 0.2) is 0 Å². The fourth-order valence-electron chi connectivity index (χ4n) is 1.47. The van der Waals surface area contributed by atoms with Crippen molar-refractivity contribution in [3.63, 3.8) is 0 Å². The van der Waals surface area contributed by atoms with Crippen LogP contribution in [0.4, 0.5) is 0 Å². The molecule has 0 aliphatic carbocycles. The molecule has 0 N–H and O–H groups in total. The fourth-order valence-corrected chi connectivity index (χ4v) is 1.85. The van der Waals surface area contributed by atoms with E-state index in [1.165, 1.54) is 6.07 Å². The normalized spacial score (nSPS) is 10.5. The molecule has 0 spiro atoms. The van der Waals surface area contributed by atoms with Crippen molar-refractivity contribution in [1.29, 1.82) is 0 Å². The number of fused-ring (bicyclic) bond motifs is 1. The summed E-state index contributed by atoms with van der Waals surface area (Å²) in [7, 11) is 0. The molecule has 88 valence electrons. The Bertz CT molecular complexity index is 630. The van der Waals surface area contributed by atoms with Gasteiger partial charge in [0.2, 0.25) is 5.76 Å². The summed E-state index contributed by atoms with van der Waals surface area (Å²) in [5.74, 6) is -0.714. The van der Waals surface area contributed by atoms with Crippen LogP contribution in [0.1, 0.15) is 17.5 Å². The molecule has 1 aromatic heterocycles. The maximum atomic E-state index is 11.6. The van der Waals surface area contributed by atoms with Gasteiger partial charge in [-0.05, 0) is 36.6 Å². The van der Waals surface area contributed by atoms with E-state index in [4.69, 9.17) is 9.15 Å². The fraction of sp³-hybridized carbons (Fsp3) is 0.167. The number of carbonyl (C=O) groups excluding carboxylic acids is 1. The van der Waals surface area contributed by atoms with Gasteiger partial charge >= 0.3 is 11.6 Å². The largest absolute Gasteiger partial charge is 0.460 e. The quantitative estimate of drug-likeness (QED) is 0.800. The SMILES string of the molecule is CCOC(=O)c1cc2cc(Br)ccc2c(=O)o1. The van der Waals surface area contributed by atoms with Crippen molar-refractivity contribution in [2.45, 2.75) is 6.92 Å². The average molecular weight is 297 g/mol. The van der Waals surface area contributed by atoms with Crippen molar-refractivity contribution >= 4 is 32.7 Å². The van der Waals surface area contributed by atoms with E-state index < -0.39 is 11.6 Å². The van der Waals surface area contributed by atoms with Crippen molar-refractivity contribution in [2.24, 2.45) is 0 Å². The van der Waals surface area contributed by atoms with Crippen LogP contribution in [-0.4, -0.2) is 12.6 Å². The summed E-state index contributed by atoms with van der Waals surface area (Å²) in [6.45, 7) is 1.92. The van der Waals surface area contributed by atoms with Gasteiger partial charge in [-0.2, -0.15) is 0 Å². The first-order chi connectivity index (χ1) is 8.11. The molecule has 0 unspecified atom stereocenters. The maximum Gasteiger partial charge on any atom is 0.374 e. The summed E-state index contributed by atoms with van der Waals surface area (Å²) in [5, 5.41) is 1.07. The molecule has 5 heteroatoms. The highest BCUT2D eigenvalue weighted by atomic mass is 79.9. The molecular weight excluding hydrogens is 288 g/mol. The first kappa shape index (κ1) is 11.9. The third-order valence-corrected chi connectivity index (χ3v) is 2.69. The van der Waals surface area contributed by atoms with E-state index in [-0.39, 0.29) is 12.4 Å². The number of benzene rings is 1. The van der Waals surface area contributed by atoms with Crippen LogP contribution >= 0.6 is 15.9 Å². The summed E-state index contributed by atoms with van der Waals surface area (Å²) < 4.78 is 10.5. The van der Waals surface area contributed by atoms with Crippen molar-refractivity contribution in [3.8, 4) is 0 Å². The molecular formula is C12H9BrO4. The van der Waals surface area contributed by atoms with E-state index in [1.54, 1.807) is 25.1 Å². The highest BCUT2D eigenvalue weighted by Crippen LogP contribution is 2.18. The molecule has 4 nitrogen and oxygen atoms in total. The van der Waals surface area contributed by atoms with E-state index in [1.807, 2.05) is 0 Å². The van der Waals surface area contributed by atoms with Crippen LogP contribution in [0, 0.1) is 0 Å². The van der Waals surface area contributed by atoms with Gasteiger partial charge in [-0.1, -0.05) is 15.9 Å². The van der Waals surface area contributed by atoms with Crippen molar-refractivity contribution in [1.82, 2.24) is 0 Å². The standard InChI is InChI=1S/C12H9BrO4/c1-2-16-12(15)10-6-7-5-8(13)3-4-9(7)11(14)17-10/h3-6H,2H2,1H3. The molecule has 0 aliphatic rings. The smallest absolute Gasteiger partial charge is 0.374 e. The van der Waals surface area contributed by atoms with Gasteiger partial charge < -0.3 is 9.15 Å². The average Bonchev–Trinajstić information content (AvgIpc) is 2.28. The van der Waals surface area contributed by atoms with Crippen LogP contribution < -0.4 is 5.63 Å². The Hall–Kier alpha value is -1.62. The number of esters is 1. The maximum absolute atomic E-state index is 11.6. The minimum atomic E-state index is -0.633. The van der Waals surface area contributed by atoms with Gasteiger partial charge in [-0.25, -0.2) is 9.59 Å². The zero-order valence-electron chi connectivity index (χ0n) is 9.03. The van der Waals surface area contributed by atoms with Gasteiger partial charge in [0, 0.05) is 4.47 Å². The van der Waals surface area contributed by atoms with Gasteiger partial charge in [0.25, 0.3) is 0 Å². The molecule has 0 saturated heterocycles. The van der Waals surface area contributed by atoms with E-state index in [9.17, 15) is 9.59 Å². The number of rotatable bonds is 2. The third-order valence-electron chi connectivity index (χ3n) is 2.20. The van der Waals surface area contributed by atoms with Crippen LogP contribution in [0.3, 0.4) is 0 Å². The molecule has 2 rings (SSSR count). The molecule has 0 saturated carbocycles. The Balaban J connectivity index is 2.61. The monoisotopic (exact) mass is 296 g/mol. The van der Waals surface area contributed by atoms with E-state index >= 15 is 0 Å². The van der Waals surface area contributed by atoms with E-state index in [2.05, 4.69) is 15.9 Å². The number of hydrogen-bond donors (Lipinski definition) is 0. The number of halogens is 1. The predicted octanol–water partition coefficient (Wildman–Crippen LogP) is 2.73. The Labute approximate surface area is 105 Å². The Morgan fingerprint density at radius 3 is 2.88 bits per heavy atom. The number of ether oxygens (including phenoxy) is 1. The molecule has 1 heterocycles. The lowest BCUT2D eigenvalue weighted by Gasteiger charge is -2.02. The van der Waals surface area contributed by atoms with Crippen LogP contribution in [0.15, 0.2) is 37.9 Å². The second kappa shape index (κ2) is 4.71. The minimum absolute atomic E-state index is 0.0811. The van der Waals surface area contributed by atoms with Crippen molar-refractivity contribution in [3.05, 3.63) is 44.9 Å². The molecule has 17 heavy (non-hydrogen) atoms. The van der Waals surface area contributed by atoms with Gasteiger partial charge in [-0.3, -0.25) is 0 Å². The first-order valence-corrected chi connectivity index (χ1v) is 5.81. The summed E-state index contributed by atoms with van der Waals surface area (Å²) in [5.41, 5.74) is -0.543. The van der Waals surface area contributed by atoms with Crippen LogP contribution in [0.5, 0.6) is 0 Å². The summed E-state index contributed by atoms with van der Waals surface area (Å²) in [4.78, 5) is 23.1. The van der Waals surface area contributed by atoms with Crippen LogP contribution in [-0.2, 0) is 4.74 Å². The summed E-state index contributed by atoms with van der Waals surface area (Å²) in [6, 6.07) is 6.62. The second-order valence-corrected chi connectivity index (χ2v) is 4.27. The van der Waals surface area contributed by atoms with E-state index in [0.717, 1.165) is 4.47 Å². The highest BCUT2D eigenvalue weighted by Gasteiger charge is 2.12. The Morgan fingerprint density at radius 1 is 1.41 bits per heavy atom. The molecule has 0 radical (unpaired) electrons. The first-order valence-electron chi connectivity index (χ1n) is 5.02. The third kappa shape index (κ3) is 2.39. The molecule has 2 aromatic rings. The van der Waals surface area contributed by atoms with Gasteiger partial charge in [-0.15, -0.1) is 0 Å². The molecule has 1 aromatic carbocycles. The summed E-state index contributed by atoms with van der Waals surface area (Å²) >= 11 is 3.30. The molecule has 0 fully saturated rings. The lowest BCUT2D eigenvalue weighted by atomic mass is 10.2. The van der Waals surface area contributed by atoms with Gasteiger partial charge in [0.05, 0.1) is 12.0 Å². The number of hydrogen-bond acceptors (Lipinski definition) is 4. The molecule has 0 amide bonds. The highest BCUT2D eigenvalue weighted by molar-refractivity contribution is 9.10. The zero-order valence-corrected chi connectivity index (χ0v) is 10.6. The van der Waals surface area contributed by atoms with Gasteiger partial charge in [0.1, 0.15) is 0 Å². The lowest BCUT2D eigenvalue weighted by molar-refractivity contribution is 0.0485. The van der Waals surface area contributed by atoms with Crippen molar-refractivity contribution in [2.75, 3.05) is 6.61 Å². The second-order valence-electron chi connectivity index (χ2n) is 3.35.